The summed E-state index contributed by atoms with van der Waals surface area (Å²) in [4.78, 5) is 25.6. The summed E-state index contributed by atoms with van der Waals surface area (Å²) in [5.74, 6) is -1.16. The van der Waals surface area contributed by atoms with E-state index in [0.29, 0.717) is 12.1 Å². The zero-order valence-electron chi connectivity index (χ0n) is 11.9. The first-order valence-electron chi connectivity index (χ1n) is 6.42. The molecule has 0 amide bonds. The van der Waals surface area contributed by atoms with E-state index in [1.165, 1.54) is 14.2 Å². The van der Waals surface area contributed by atoms with Crippen LogP contribution in [0.2, 0.25) is 0 Å². The molecule has 1 atom stereocenters. The molecule has 0 saturated heterocycles. The maximum absolute atomic E-state index is 12.0. The van der Waals surface area contributed by atoms with E-state index in [0.717, 1.165) is 12.8 Å². The third kappa shape index (κ3) is 3.36. The molecule has 0 radical (unpaired) electrons. The number of nitrogens with zero attached hydrogens (tertiary/aromatic N) is 1. The van der Waals surface area contributed by atoms with Gasteiger partial charge in [0.2, 0.25) is 0 Å². The van der Waals surface area contributed by atoms with Crippen LogP contribution in [0.5, 0.6) is 0 Å². The first-order valence-corrected chi connectivity index (χ1v) is 6.42. The number of ether oxygens (including phenoxy) is 2. The fraction of sp³-hybridized carbons (Fsp3) is 0.571. The number of methoxy groups -OCH3 is 2. The van der Waals surface area contributed by atoms with E-state index in [-0.39, 0.29) is 11.6 Å². The van der Waals surface area contributed by atoms with Crippen molar-refractivity contribution < 1.29 is 19.1 Å². The van der Waals surface area contributed by atoms with E-state index in [4.69, 9.17) is 9.47 Å². The number of unbranched alkanes of at least 4 members (excludes halogenated alkanes) is 1. The van der Waals surface area contributed by atoms with Gasteiger partial charge >= 0.3 is 11.9 Å². The molecular formula is C14H21NO4. The summed E-state index contributed by atoms with van der Waals surface area (Å²) in [5.41, 5.74) is 0.644. The third-order valence-electron chi connectivity index (χ3n) is 3.09. The summed E-state index contributed by atoms with van der Waals surface area (Å²) in [6.45, 7) is 4.59. The Hall–Kier alpha value is -1.78. The van der Waals surface area contributed by atoms with Crippen LogP contribution in [0.25, 0.3) is 0 Å². The smallest absolute Gasteiger partial charge is 0.355 e. The molecule has 0 aromatic heterocycles. The van der Waals surface area contributed by atoms with E-state index in [9.17, 15) is 9.59 Å². The summed E-state index contributed by atoms with van der Waals surface area (Å²) in [7, 11) is 2.62. The monoisotopic (exact) mass is 267 g/mol. The zero-order valence-corrected chi connectivity index (χ0v) is 11.9. The molecule has 0 saturated carbocycles. The van der Waals surface area contributed by atoms with Crippen molar-refractivity contribution in [3.8, 4) is 0 Å². The minimum atomic E-state index is -0.507. The van der Waals surface area contributed by atoms with Gasteiger partial charge in [-0.15, -0.1) is 0 Å². The second kappa shape index (κ2) is 6.97. The van der Waals surface area contributed by atoms with Gasteiger partial charge in [-0.05, 0) is 6.42 Å². The lowest BCUT2D eigenvalue weighted by Crippen LogP contribution is -2.33. The predicted molar refractivity (Wildman–Crippen MR) is 71.0 cm³/mol. The van der Waals surface area contributed by atoms with Gasteiger partial charge in [0.1, 0.15) is 5.70 Å². The molecule has 1 aliphatic heterocycles. The van der Waals surface area contributed by atoms with Crippen molar-refractivity contribution in [3.05, 3.63) is 23.5 Å². The minimum absolute atomic E-state index is 0.167. The maximum atomic E-state index is 12.0. The van der Waals surface area contributed by atoms with Crippen molar-refractivity contribution in [2.45, 2.75) is 26.7 Å². The van der Waals surface area contributed by atoms with Crippen LogP contribution in [0, 0.1) is 5.92 Å². The number of carbonyl (C=O) groups is 2. The van der Waals surface area contributed by atoms with E-state index in [1.807, 2.05) is 19.2 Å². The van der Waals surface area contributed by atoms with Gasteiger partial charge in [0.05, 0.1) is 19.8 Å². The summed E-state index contributed by atoms with van der Waals surface area (Å²) >= 11 is 0. The van der Waals surface area contributed by atoms with Gasteiger partial charge in [-0.25, -0.2) is 9.59 Å². The van der Waals surface area contributed by atoms with Crippen molar-refractivity contribution in [2.24, 2.45) is 5.92 Å². The predicted octanol–water partition coefficient (Wildman–Crippen LogP) is 1.85. The lowest BCUT2D eigenvalue weighted by atomic mass is 9.95. The van der Waals surface area contributed by atoms with Crippen LogP contribution in [0.15, 0.2) is 23.5 Å². The first kappa shape index (κ1) is 15.3. The summed E-state index contributed by atoms with van der Waals surface area (Å²) in [6.07, 6.45) is 5.64. The second-order valence-corrected chi connectivity index (χ2v) is 4.42. The molecule has 106 valence electrons. The molecule has 0 aromatic rings. The van der Waals surface area contributed by atoms with E-state index in [1.54, 1.807) is 4.90 Å². The highest BCUT2D eigenvalue weighted by molar-refractivity contribution is 6.01. The van der Waals surface area contributed by atoms with Crippen LogP contribution < -0.4 is 0 Å². The zero-order chi connectivity index (χ0) is 14.4. The number of hydrogen-bond acceptors (Lipinski definition) is 5. The van der Waals surface area contributed by atoms with Crippen LogP contribution in [0.4, 0.5) is 0 Å². The standard InChI is InChI=1S/C14H21NO4/c1-5-6-8-15-9-7-10(2)11(13(16)18-3)12(15)14(17)19-4/h7,9-10H,5-6,8H2,1-4H3. The Morgan fingerprint density at radius 2 is 1.89 bits per heavy atom. The first-order chi connectivity index (χ1) is 9.06. The van der Waals surface area contributed by atoms with Gasteiger partial charge in [0, 0.05) is 18.7 Å². The molecule has 0 spiro atoms. The van der Waals surface area contributed by atoms with Crippen LogP contribution in [0.1, 0.15) is 26.7 Å². The number of hydrogen-bond donors (Lipinski definition) is 0. The molecule has 1 heterocycles. The van der Waals surface area contributed by atoms with E-state index >= 15 is 0 Å². The van der Waals surface area contributed by atoms with Gasteiger partial charge in [-0.1, -0.05) is 26.3 Å². The topological polar surface area (TPSA) is 55.8 Å². The van der Waals surface area contributed by atoms with Crippen molar-refractivity contribution in [1.82, 2.24) is 4.90 Å². The largest absolute Gasteiger partial charge is 0.466 e. The van der Waals surface area contributed by atoms with E-state index < -0.39 is 11.9 Å². The quantitative estimate of drug-likeness (QED) is 0.712. The second-order valence-electron chi connectivity index (χ2n) is 4.42. The maximum Gasteiger partial charge on any atom is 0.355 e. The lowest BCUT2D eigenvalue weighted by molar-refractivity contribution is -0.141. The third-order valence-corrected chi connectivity index (χ3v) is 3.09. The van der Waals surface area contributed by atoms with Crippen LogP contribution in [-0.4, -0.2) is 37.6 Å². The molecule has 0 N–H and O–H groups in total. The summed E-state index contributed by atoms with van der Waals surface area (Å²) in [5, 5.41) is 0. The van der Waals surface area contributed by atoms with Crippen molar-refractivity contribution in [1.29, 1.82) is 0 Å². The number of carbonyl (C=O) groups excluding carboxylic acids is 2. The molecular weight excluding hydrogens is 246 g/mol. The van der Waals surface area contributed by atoms with Gasteiger partial charge in [-0.2, -0.15) is 0 Å². The highest BCUT2D eigenvalue weighted by atomic mass is 16.5. The van der Waals surface area contributed by atoms with Gasteiger partial charge < -0.3 is 14.4 Å². The normalized spacial score (nSPS) is 18.5. The van der Waals surface area contributed by atoms with Crippen molar-refractivity contribution >= 4 is 11.9 Å². The molecule has 1 rings (SSSR count). The van der Waals surface area contributed by atoms with Crippen molar-refractivity contribution in [3.63, 3.8) is 0 Å². The molecule has 19 heavy (non-hydrogen) atoms. The highest BCUT2D eigenvalue weighted by Crippen LogP contribution is 2.27. The van der Waals surface area contributed by atoms with Crippen LogP contribution in [0.3, 0.4) is 0 Å². The molecule has 1 aliphatic rings. The van der Waals surface area contributed by atoms with Crippen molar-refractivity contribution in [2.75, 3.05) is 20.8 Å². The fourth-order valence-corrected chi connectivity index (χ4v) is 2.01. The number of allylic oxidation sites excluding steroid dienone is 1. The van der Waals surface area contributed by atoms with Crippen LogP contribution in [-0.2, 0) is 19.1 Å². The van der Waals surface area contributed by atoms with Crippen LogP contribution >= 0.6 is 0 Å². The summed E-state index contributed by atoms with van der Waals surface area (Å²) in [6, 6.07) is 0. The Morgan fingerprint density at radius 3 is 2.42 bits per heavy atom. The Bertz CT molecular complexity index is 412. The molecule has 0 fully saturated rings. The van der Waals surface area contributed by atoms with E-state index in [2.05, 4.69) is 6.92 Å². The summed E-state index contributed by atoms with van der Waals surface area (Å²) < 4.78 is 9.57. The number of rotatable bonds is 5. The Morgan fingerprint density at radius 1 is 1.26 bits per heavy atom. The average molecular weight is 267 g/mol. The fourth-order valence-electron chi connectivity index (χ4n) is 2.01. The average Bonchev–Trinajstić information content (AvgIpc) is 2.43. The molecule has 5 heteroatoms. The number of esters is 2. The highest BCUT2D eigenvalue weighted by Gasteiger charge is 2.31. The molecule has 5 nitrogen and oxygen atoms in total. The Labute approximate surface area is 113 Å². The minimum Gasteiger partial charge on any atom is -0.466 e. The molecule has 0 bridgehead atoms. The van der Waals surface area contributed by atoms with Gasteiger partial charge in [-0.3, -0.25) is 0 Å². The molecule has 1 unspecified atom stereocenters. The Balaban J connectivity index is 3.19. The molecule has 0 aliphatic carbocycles. The van der Waals surface area contributed by atoms with Gasteiger partial charge in [0.15, 0.2) is 0 Å². The SMILES string of the molecule is CCCCN1C=CC(C)C(C(=O)OC)=C1C(=O)OC. The lowest BCUT2D eigenvalue weighted by Gasteiger charge is -2.29. The Kier molecular flexibility index (Phi) is 5.60. The molecule has 0 aromatic carbocycles. The van der Waals surface area contributed by atoms with Gasteiger partial charge in [0.25, 0.3) is 0 Å².